The molecule has 0 radical (unpaired) electrons. The van der Waals surface area contributed by atoms with Crippen LogP contribution < -0.4 is 4.90 Å². The molecular weight excluding hydrogens is 1000 g/mol. The predicted octanol–water partition coefficient (Wildman–Crippen LogP) is 19.5. The third-order valence-electron chi connectivity index (χ3n) is 11.5. The monoisotopic (exact) mass is 1060 g/mol. The maximum absolute atomic E-state index is 15.1. The van der Waals surface area contributed by atoms with Crippen molar-refractivity contribution in [2.75, 3.05) is 4.90 Å². The number of hydrogen-bond acceptors (Lipinski definition) is 3. The number of hydrogen-bond donors (Lipinski definition) is 0. The first-order valence-electron chi connectivity index (χ1n) is 24.2. The average molecular weight is 1060 g/mol. The summed E-state index contributed by atoms with van der Waals surface area (Å²) in [6, 6.07) is 51.7. The quantitative estimate of drug-likeness (QED) is 0.0657. The third-order valence-corrected chi connectivity index (χ3v) is 11.5. The van der Waals surface area contributed by atoms with Crippen molar-refractivity contribution >= 4 is 28.2 Å². The normalized spacial score (nSPS) is 10.9. The number of allylic oxidation sites excluding steroid dienone is 4. The summed E-state index contributed by atoms with van der Waals surface area (Å²) in [7, 11) is 0. The second-order valence-corrected chi connectivity index (χ2v) is 17.1. The number of nitrogens with zero attached hydrogens (tertiary/aromatic N) is 3. The number of rotatable bonds is 8. The summed E-state index contributed by atoms with van der Waals surface area (Å²) in [6.45, 7) is 14.9. The molecular formula is C64H55F10N3. The molecule has 0 N–H and O–H groups in total. The first-order chi connectivity index (χ1) is 36.9. The molecule has 13 heteroatoms. The lowest BCUT2D eigenvalue weighted by atomic mass is 10.0. The van der Waals surface area contributed by atoms with Crippen molar-refractivity contribution in [1.29, 1.82) is 0 Å². The van der Waals surface area contributed by atoms with Crippen LogP contribution in [0.5, 0.6) is 0 Å². The molecule has 0 atom stereocenters. The predicted molar refractivity (Wildman–Crippen MR) is 291 cm³/mol. The maximum Gasteiger partial charge on any atom is 0.200 e. The highest BCUT2D eigenvalue weighted by Crippen LogP contribution is 2.41. The Kier molecular flexibility index (Phi) is 21.8. The van der Waals surface area contributed by atoms with E-state index in [0.717, 1.165) is 45.4 Å². The number of benzene rings is 7. The van der Waals surface area contributed by atoms with Crippen molar-refractivity contribution < 1.29 is 43.9 Å². The van der Waals surface area contributed by atoms with Gasteiger partial charge in [-0.05, 0) is 99.7 Å². The van der Waals surface area contributed by atoms with Gasteiger partial charge in [-0.1, -0.05) is 171 Å². The van der Waals surface area contributed by atoms with Crippen molar-refractivity contribution in [1.82, 2.24) is 9.97 Å². The summed E-state index contributed by atoms with van der Waals surface area (Å²) in [5, 5.41) is 0. The van der Waals surface area contributed by atoms with Crippen LogP contribution >= 0.6 is 0 Å². The van der Waals surface area contributed by atoms with E-state index in [9.17, 15) is 35.1 Å². The number of halogens is 10. The van der Waals surface area contributed by atoms with Crippen LogP contribution in [-0.4, -0.2) is 9.97 Å². The molecule has 0 bridgehead atoms. The van der Waals surface area contributed by atoms with E-state index in [1.807, 2.05) is 157 Å². The number of aryl methyl sites for hydroxylation is 3. The van der Waals surface area contributed by atoms with Gasteiger partial charge >= 0.3 is 0 Å². The second kappa shape index (κ2) is 28.4. The molecule has 396 valence electrons. The molecule has 0 aliphatic heterocycles. The first-order valence-corrected chi connectivity index (χ1v) is 24.2. The van der Waals surface area contributed by atoms with Gasteiger partial charge in [0.1, 0.15) is 5.69 Å². The zero-order chi connectivity index (χ0) is 56.3. The van der Waals surface area contributed by atoms with E-state index in [-0.39, 0.29) is 11.4 Å². The van der Waals surface area contributed by atoms with Crippen LogP contribution in [-0.2, 0) is 0 Å². The minimum Gasteiger partial charge on any atom is -0.304 e. The molecule has 0 fully saturated rings. The van der Waals surface area contributed by atoms with Gasteiger partial charge in [0, 0.05) is 28.6 Å². The molecule has 0 saturated carbocycles. The van der Waals surface area contributed by atoms with Gasteiger partial charge < -0.3 is 4.90 Å². The standard InChI is InChI=1S/C36H27F5N2.C12H11N.C7H3F5.C7H8.C2H6/c1-22-9-13-25(14-10-22)23(2)11-12-24(3)26-15-17-28(18-16-26)43(36-34(40)32(38)31(37)33(39)35(36)41)29-19-20-30(42-21-29)27-7-5-4-6-8-27;1-10-7-8-12(13-9-10)11-5-3-2-4-6-11;1-2-3(8)5(10)7(12)6(11)4(2)9;1-7-5-3-2-4-6-7;1-2/h4-21H,1-3H3;2-9H,1H3;1H3;2-6H,1H3;1-2H3/b23-11+,24-12+;;;;. The lowest BCUT2D eigenvalue weighted by molar-refractivity contribution is 0.373. The van der Waals surface area contributed by atoms with Gasteiger partial charge in [-0.3, -0.25) is 9.97 Å². The Morgan fingerprint density at radius 1 is 0.351 bits per heavy atom. The molecule has 0 amide bonds. The lowest BCUT2D eigenvalue weighted by Crippen LogP contribution is -2.17. The van der Waals surface area contributed by atoms with Crippen molar-refractivity contribution in [3.63, 3.8) is 0 Å². The van der Waals surface area contributed by atoms with Crippen molar-refractivity contribution in [3.8, 4) is 22.5 Å². The van der Waals surface area contributed by atoms with E-state index in [1.165, 1.54) is 34.5 Å². The summed E-state index contributed by atoms with van der Waals surface area (Å²) in [5.41, 5.74) is 9.48. The van der Waals surface area contributed by atoms with Gasteiger partial charge in [-0.2, -0.15) is 0 Å². The highest BCUT2D eigenvalue weighted by Gasteiger charge is 2.31. The van der Waals surface area contributed by atoms with Crippen LogP contribution in [0.2, 0.25) is 0 Å². The van der Waals surface area contributed by atoms with Crippen LogP contribution in [0.4, 0.5) is 61.0 Å². The Labute approximate surface area is 443 Å². The summed E-state index contributed by atoms with van der Waals surface area (Å²) in [5.74, 6) is -19.7. The Balaban J connectivity index is 0.000000256. The molecule has 0 aliphatic rings. The SMILES string of the molecule is C/C(=C\C=C(/C)c1ccc(N(c2ccc(-c3ccccc3)nc2)c2c(F)c(F)c(F)c(F)c2F)cc1)c1ccc(C)cc1.CC.Cc1c(F)c(F)c(F)c(F)c1F.Cc1ccc(-c2ccccc2)nc1.Cc1ccccc1. The van der Waals surface area contributed by atoms with Gasteiger partial charge in [-0.15, -0.1) is 0 Å². The van der Waals surface area contributed by atoms with Crippen LogP contribution in [0.15, 0.2) is 188 Å². The topological polar surface area (TPSA) is 29.0 Å². The van der Waals surface area contributed by atoms with Crippen LogP contribution in [0.3, 0.4) is 0 Å². The lowest BCUT2D eigenvalue weighted by Gasteiger charge is -2.26. The third kappa shape index (κ3) is 15.5. The fourth-order valence-corrected chi connectivity index (χ4v) is 7.12. The fourth-order valence-electron chi connectivity index (χ4n) is 7.12. The number of pyridine rings is 2. The zero-order valence-corrected chi connectivity index (χ0v) is 43.5. The Bertz CT molecular complexity index is 3250. The fraction of sp³-hybridized carbons (Fsp3) is 0.125. The Morgan fingerprint density at radius 3 is 1.06 bits per heavy atom. The molecule has 7 aromatic carbocycles. The van der Waals surface area contributed by atoms with Gasteiger partial charge in [0.05, 0.1) is 23.3 Å². The van der Waals surface area contributed by atoms with Crippen molar-refractivity contribution in [3.05, 3.63) is 280 Å². The molecule has 9 aromatic rings. The first kappa shape index (κ1) is 59.3. The smallest absolute Gasteiger partial charge is 0.200 e. The second-order valence-electron chi connectivity index (χ2n) is 17.1. The molecule has 3 nitrogen and oxygen atoms in total. The van der Waals surface area contributed by atoms with Crippen LogP contribution in [0.25, 0.3) is 33.7 Å². The summed E-state index contributed by atoms with van der Waals surface area (Å²) >= 11 is 0. The van der Waals surface area contributed by atoms with E-state index >= 15 is 8.78 Å². The molecule has 0 spiro atoms. The van der Waals surface area contributed by atoms with E-state index in [4.69, 9.17) is 0 Å². The van der Waals surface area contributed by atoms with E-state index in [0.29, 0.717) is 5.69 Å². The Morgan fingerprint density at radius 2 is 0.688 bits per heavy atom. The van der Waals surface area contributed by atoms with Gasteiger partial charge in [0.2, 0.25) is 11.6 Å². The summed E-state index contributed by atoms with van der Waals surface area (Å²) in [6.07, 6.45) is 7.17. The van der Waals surface area contributed by atoms with E-state index < -0.39 is 69.4 Å². The number of aromatic nitrogens is 2. The highest BCUT2D eigenvalue weighted by molar-refractivity contribution is 5.80. The molecule has 9 rings (SSSR count). The van der Waals surface area contributed by atoms with Crippen molar-refractivity contribution in [2.45, 2.75) is 55.4 Å². The summed E-state index contributed by atoms with van der Waals surface area (Å²) < 4.78 is 134. The minimum absolute atomic E-state index is 0.111. The van der Waals surface area contributed by atoms with Crippen LogP contribution in [0, 0.1) is 85.9 Å². The minimum atomic E-state index is -2.22. The molecule has 0 aliphatic carbocycles. The molecule has 77 heavy (non-hydrogen) atoms. The van der Waals surface area contributed by atoms with Gasteiger partial charge in [-0.25, -0.2) is 43.9 Å². The largest absolute Gasteiger partial charge is 0.304 e. The highest BCUT2D eigenvalue weighted by atomic mass is 19.2. The van der Waals surface area contributed by atoms with E-state index in [2.05, 4.69) is 47.2 Å². The molecule has 2 heterocycles. The zero-order valence-electron chi connectivity index (χ0n) is 43.5. The van der Waals surface area contributed by atoms with Gasteiger partial charge in [0.15, 0.2) is 46.5 Å². The molecule has 0 saturated heterocycles. The van der Waals surface area contributed by atoms with Crippen molar-refractivity contribution in [2.24, 2.45) is 0 Å². The number of anilines is 3. The van der Waals surface area contributed by atoms with Gasteiger partial charge in [0.25, 0.3) is 0 Å². The average Bonchev–Trinajstić information content (AvgIpc) is 3.47. The Hall–Kier alpha value is -8.58. The molecule has 0 unspecified atom stereocenters. The molecule has 2 aromatic heterocycles. The van der Waals surface area contributed by atoms with Crippen LogP contribution in [0.1, 0.15) is 61.1 Å². The summed E-state index contributed by atoms with van der Waals surface area (Å²) in [4.78, 5) is 9.72. The maximum atomic E-state index is 15.1. The van der Waals surface area contributed by atoms with E-state index in [1.54, 1.807) is 30.3 Å².